The van der Waals surface area contributed by atoms with Gasteiger partial charge in [-0.25, -0.2) is 9.59 Å². The van der Waals surface area contributed by atoms with E-state index in [1.165, 1.54) is 32.1 Å². The van der Waals surface area contributed by atoms with Gasteiger partial charge in [-0.15, -0.1) is 6.58 Å². The van der Waals surface area contributed by atoms with Crippen LogP contribution < -0.4 is 5.32 Å². The third kappa shape index (κ3) is 14.1. The molecule has 0 saturated carbocycles. The number of esters is 1. The maximum Gasteiger partial charge on any atom is 0.407 e. The van der Waals surface area contributed by atoms with Gasteiger partial charge in [-0.1, -0.05) is 51.5 Å². The van der Waals surface area contributed by atoms with Crippen molar-refractivity contribution in [1.29, 1.82) is 0 Å². The van der Waals surface area contributed by atoms with E-state index in [2.05, 4.69) is 11.9 Å². The minimum Gasteiger partial charge on any atom is -0.464 e. The molecule has 140 valence electrons. The summed E-state index contributed by atoms with van der Waals surface area (Å²) in [6, 6.07) is -0.677. The van der Waals surface area contributed by atoms with Crippen LogP contribution in [0.25, 0.3) is 0 Å². The molecule has 0 fully saturated rings. The summed E-state index contributed by atoms with van der Waals surface area (Å²) in [6.45, 7) is 8.12. The Morgan fingerprint density at radius 3 is 2.17 bits per heavy atom. The Labute approximate surface area is 147 Å². The molecule has 24 heavy (non-hydrogen) atoms. The van der Waals surface area contributed by atoms with Gasteiger partial charge < -0.3 is 14.8 Å². The van der Waals surface area contributed by atoms with Gasteiger partial charge in [-0.3, -0.25) is 0 Å². The normalized spacial score (nSPS) is 11.6. The Balaban J connectivity index is 3.50. The summed E-state index contributed by atoms with van der Waals surface area (Å²) >= 11 is 0. The van der Waals surface area contributed by atoms with E-state index in [-0.39, 0.29) is 0 Å². The van der Waals surface area contributed by atoms with Crippen LogP contribution in [-0.2, 0) is 14.3 Å². The average molecular weight is 341 g/mol. The summed E-state index contributed by atoms with van der Waals surface area (Å²) in [7, 11) is 0. The lowest BCUT2D eigenvalue weighted by molar-refractivity contribution is -0.145. The Bertz CT molecular complexity index is 344. The number of hydrogen-bond donors (Lipinski definition) is 1. The maximum absolute atomic E-state index is 11.7. The van der Waals surface area contributed by atoms with E-state index >= 15 is 0 Å². The lowest BCUT2D eigenvalue weighted by Crippen LogP contribution is -2.40. The van der Waals surface area contributed by atoms with E-state index in [1.54, 1.807) is 6.92 Å². The second kappa shape index (κ2) is 16.3. The van der Waals surface area contributed by atoms with Crippen molar-refractivity contribution in [3.63, 3.8) is 0 Å². The first-order chi connectivity index (χ1) is 11.6. The van der Waals surface area contributed by atoms with Crippen molar-refractivity contribution in [3.8, 4) is 0 Å². The molecule has 5 nitrogen and oxygen atoms in total. The van der Waals surface area contributed by atoms with Gasteiger partial charge in [0.05, 0.1) is 13.2 Å². The van der Waals surface area contributed by atoms with E-state index in [0.29, 0.717) is 13.2 Å². The van der Waals surface area contributed by atoms with Crippen molar-refractivity contribution >= 4 is 12.1 Å². The van der Waals surface area contributed by atoms with Gasteiger partial charge in [0, 0.05) is 0 Å². The number of carbonyl (C=O) groups excluding carboxylic acids is 2. The van der Waals surface area contributed by atoms with E-state index in [0.717, 1.165) is 32.1 Å². The quantitative estimate of drug-likeness (QED) is 0.265. The van der Waals surface area contributed by atoms with Crippen LogP contribution >= 0.6 is 0 Å². The van der Waals surface area contributed by atoms with Gasteiger partial charge in [-0.2, -0.15) is 0 Å². The lowest BCUT2D eigenvalue weighted by atomic mass is 10.1. The summed E-state index contributed by atoms with van der Waals surface area (Å²) in [5, 5.41) is 2.48. The maximum atomic E-state index is 11.7. The fourth-order valence-corrected chi connectivity index (χ4v) is 2.16. The Morgan fingerprint density at radius 1 is 0.958 bits per heavy atom. The van der Waals surface area contributed by atoms with E-state index in [1.807, 2.05) is 13.0 Å². The number of rotatable bonds is 15. The third-order valence-electron chi connectivity index (χ3n) is 3.72. The van der Waals surface area contributed by atoms with E-state index < -0.39 is 18.1 Å². The number of amides is 1. The van der Waals surface area contributed by atoms with Crippen molar-refractivity contribution in [2.45, 2.75) is 84.1 Å². The number of unbranched alkanes of at least 4 members (excludes halogenated alkanes) is 8. The average Bonchev–Trinajstić information content (AvgIpc) is 2.56. The van der Waals surface area contributed by atoms with Crippen LogP contribution in [0, 0.1) is 0 Å². The number of hydrogen-bond acceptors (Lipinski definition) is 4. The standard InChI is InChI=1S/C19H35NO4/c1-4-6-8-9-10-11-12-13-14-16-23-18(21)17(3)20-19(22)24-15-7-5-2/h4,17H,1,5-16H2,2-3H3,(H,20,22). The number of nitrogens with one attached hydrogen (secondary N) is 1. The highest BCUT2D eigenvalue weighted by atomic mass is 16.6. The zero-order valence-electron chi connectivity index (χ0n) is 15.5. The molecule has 5 heteroatoms. The van der Waals surface area contributed by atoms with Crippen LogP contribution in [0.1, 0.15) is 78.1 Å². The molecule has 0 spiro atoms. The molecule has 1 N–H and O–H groups in total. The molecule has 0 aliphatic rings. The van der Waals surface area contributed by atoms with Gasteiger partial charge in [0.2, 0.25) is 0 Å². The van der Waals surface area contributed by atoms with Crippen LogP contribution in [0.15, 0.2) is 12.7 Å². The molecule has 0 aromatic heterocycles. The van der Waals surface area contributed by atoms with Crippen LogP contribution in [0.2, 0.25) is 0 Å². The number of ether oxygens (including phenoxy) is 2. The van der Waals surface area contributed by atoms with Gasteiger partial charge in [0.1, 0.15) is 6.04 Å². The molecule has 0 bridgehead atoms. The van der Waals surface area contributed by atoms with Crippen LogP contribution in [0.3, 0.4) is 0 Å². The third-order valence-corrected chi connectivity index (χ3v) is 3.72. The van der Waals surface area contributed by atoms with Crippen LogP contribution in [0.4, 0.5) is 4.79 Å². The van der Waals surface area contributed by atoms with Crippen LogP contribution in [-0.4, -0.2) is 31.3 Å². The predicted octanol–water partition coefficient (Wildman–Crippen LogP) is 4.75. The van der Waals surface area contributed by atoms with Crippen molar-refractivity contribution in [2.75, 3.05) is 13.2 Å². The van der Waals surface area contributed by atoms with Crippen LogP contribution in [0.5, 0.6) is 0 Å². The first-order valence-electron chi connectivity index (χ1n) is 9.32. The van der Waals surface area contributed by atoms with Gasteiger partial charge in [0.25, 0.3) is 0 Å². The molecular formula is C19H35NO4. The molecule has 1 amide bonds. The van der Waals surface area contributed by atoms with Crippen molar-refractivity contribution in [3.05, 3.63) is 12.7 Å². The minimum atomic E-state index is -0.677. The summed E-state index contributed by atoms with van der Waals surface area (Å²) in [5.74, 6) is -0.410. The summed E-state index contributed by atoms with van der Waals surface area (Å²) in [6.07, 6.45) is 12.4. The Hall–Kier alpha value is -1.52. The SMILES string of the molecule is C=CCCCCCCCCCOC(=O)C(C)NC(=O)OCCCC. The predicted molar refractivity (Wildman–Crippen MR) is 96.9 cm³/mol. The van der Waals surface area contributed by atoms with Crippen molar-refractivity contribution < 1.29 is 19.1 Å². The first kappa shape index (κ1) is 22.5. The second-order valence-corrected chi connectivity index (χ2v) is 6.08. The van der Waals surface area contributed by atoms with E-state index in [9.17, 15) is 9.59 Å². The molecule has 0 aliphatic carbocycles. The fraction of sp³-hybridized carbons (Fsp3) is 0.789. The highest BCUT2D eigenvalue weighted by Gasteiger charge is 2.17. The summed E-state index contributed by atoms with van der Waals surface area (Å²) < 4.78 is 10.1. The molecule has 0 heterocycles. The molecule has 1 atom stereocenters. The molecule has 0 aromatic carbocycles. The number of allylic oxidation sites excluding steroid dienone is 1. The fourth-order valence-electron chi connectivity index (χ4n) is 2.16. The van der Waals surface area contributed by atoms with Crippen molar-refractivity contribution in [1.82, 2.24) is 5.32 Å². The van der Waals surface area contributed by atoms with E-state index in [4.69, 9.17) is 9.47 Å². The lowest BCUT2D eigenvalue weighted by Gasteiger charge is -2.13. The molecule has 0 rings (SSSR count). The second-order valence-electron chi connectivity index (χ2n) is 6.08. The minimum absolute atomic E-state index is 0.373. The van der Waals surface area contributed by atoms with Gasteiger partial charge in [0.15, 0.2) is 0 Å². The monoisotopic (exact) mass is 341 g/mol. The number of carbonyl (C=O) groups is 2. The van der Waals surface area contributed by atoms with Crippen molar-refractivity contribution in [2.24, 2.45) is 0 Å². The highest BCUT2D eigenvalue weighted by Crippen LogP contribution is 2.08. The Morgan fingerprint density at radius 2 is 1.54 bits per heavy atom. The smallest absolute Gasteiger partial charge is 0.407 e. The Kier molecular flexibility index (Phi) is 15.3. The van der Waals surface area contributed by atoms with Gasteiger partial charge >= 0.3 is 12.1 Å². The zero-order chi connectivity index (χ0) is 18.0. The zero-order valence-corrected chi connectivity index (χ0v) is 15.5. The summed E-state index contributed by atoms with van der Waals surface area (Å²) in [5.41, 5.74) is 0. The molecule has 0 aromatic rings. The van der Waals surface area contributed by atoms with Gasteiger partial charge in [-0.05, 0) is 32.6 Å². The molecule has 0 saturated heterocycles. The molecule has 0 radical (unpaired) electrons. The first-order valence-corrected chi connectivity index (χ1v) is 9.32. The summed E-state index contributed by atoms with van der Waals surface area (Å²) in [4.78, 5) is 23.2. The number of alkyl carbamates (subject to hydrolysis) is 1. The molecule has 1 unspecified atom stereocenters. The molecular weight excluding hydrogens is 306 g/mol. The topological polar surface area (TPSA) is 64.6 Å². The highest BCUT2D eigenvalue weighted by molar-refractivity contribution is 5.80. The molecule has 0 aliphatic heterocycles. The largest absolute Gasteiger partial charge is 0.464 e.